The minimum Gasteiger partial charge on any atom is -0.476 e. The van der Waals surface area contributed by atoms with E-state index in [2.05, 4.69) is 4.98 Å². The number of rotatable bonds is 2. The molecule has 2 aromatic heterocycles. The zero-order valence-corrected chi connectivity index (χ0v) is 10.2. The van der Waals surface area contributed by atoms with Crippen molar-refractivity contribution in [1.29, 1.82) is 0 Å². The molecule has 84 valence electrons. The minimum atomic E-state index is -0.970. The van der Waals surface area contributed by atoms with Gasteiger partial charge < -0.3 is 5.11 Å². The summed E-state index contributed by atoms with van der Waals surface area (Å²) in [7, 11) is 0. The van der Waals surface area contributed by atoms with Gasteiger partial charge in [-0.1, -0.05) is 18.2 Å². The molecule has 0 spiro atoms. The van der Waals surface area contributed by atoms with Gasteiger partial charge in [0.05, 0.1) is 10.6 Å². The van der Waals surface area contributed by atoms with Gasteiger partial charge in [-0.05, 0) is 17.5 Å². The topological polar surface area (TPSA) is 50.2 Å². The van der Waals surface area contributed by atoms with Crippen LogP contribution in [0.25, 0.3) is 20.7 Å². The average Bonchev–Trinajstić information content (AvgIpc) is 2.95. The van der Waals surface area contributed by atoms with Crippen LogP contribution in [-0.4, -0.2) is 16.1 Å². The fraction of sp³-hybridized carbons (Fsp3) is 0. The molecule has 0 bridgehead atoms. The first-order valence-electron chi connectivity index (χ1n) is 4.92. The molecule has 2 heterocycles. The lowest BCUT2D eigenvalue weighted by Crippen LogP contribution is -1.93. The van der Waals surface area contributed by atoms with Crippen LogP contribution >= 0.6 is 22.7 Å². The molecule has 0 radical (unpaired) electrons. The molecule has 3 rings (SSSR count). The third-order valence-electron chi connectivity index (χ3n) is 2.37. The van der Waals surface area contributed by atoms with Gasteiger partial charge in [-0.15, -0.1) is 22.7 Å². The Morgan fingerprint density at radius 2 is 2.12 bits per heavy atom. The molecule has 0 unspecified atom stereocenters. The first kappa shape index (κ1) is 10.4. The molecule has 0 atom stereocenters. The number of nitrogens with zero attached hydrogens (tertiary/aromatic N) is 1. The quantitative estimate of drug-likeness (QED) is 0.764. The molecule has 0 saturated heterocycles. The van der Waals surface area contributed by atoms with E-state index >= 15 is 0 Å². The molecular formula is C12H7NO2S2. The number of aromatic carboxylic acids is 1. The summed E-state index contributed by atoms with van der Waals surface area (Å²) in [6.07, 6.45) is 0. The lowest BCUT2D eigenvalue weighted by Gasteiger charge is -1.86. The number of hydrogen-bond donors (Lipinski definition) is 1. The largest absolute Gasteiger partial charge is 0.476 e. The Bertz CT molecular complexity index is 666. The maximum atomic E-state index is 10.8. The highest BCUT2D eigenvalue weighted by Crippen LogP contribution is 2.33. The summed E-state index contributed by atoms with van der Waals surface area (Å²) >= 11 is 2.79. The number of thiophene rings is 1. The number of carboxylic acids is 1. The average molecular weight is 261 g/mol. The van der Waals surface area contributed by atoms with Crippen LogP contribution in [0.4, 0.5) is 0 Å². The smallest absolute Gasteiger partial charge is 0.365 e. The third kappa shape index (κ3) is 1.83. The van der Waals surface area contributed by atoms with Gasteiger partial charge in [0, 0.05) is 10.1 Å². The van der Waals surface area contributed by atoms with Gasteiger partial charge >= 0.3 is 5.97 Å². The minimum absolute atomic E-state index is 0.137. The normalized spacial score (nSPS) is 10.8. The summed E-state index contributed by atoms with van der Waals surface area (Å²) < 4.78 is 1.19. The second kappa shape index (κ2) is 3.94. The van der Waals surface area contributed by atoms with Crippen molar-refractivity contribution in [2.75, 3.05) is 0 Å². The molecular weight excluding hydrogens is 254 g/mol. The van der Waals surface area contributed by atoms with Crippen LogP contribution in [0, 0.1) is 0 Å². The highest BCUT2D eigenvalue weighted by molar-refractivity contribution is 7.22. The molecule has 3 aromatic rings. The van der Waals surface area contributed by atoms with Gasteiger partial charge in [0.15, 0.2) is 0 Å². The van der Waals surface area contributed by atoms with E-state index in [4.69, 9.17) is 5.11 Å². The molecule has 3 nitrogen and oxygen atoms in total. The second-order valence-electron chi connectivity index (χ2n) is 3.49. The SMILES string of the molecule is O=C(O)c1nc(-c2cc3ccccc3s2)cs1. The van der Waals surface area contributed by atoms with Crippen LogP contribution in [0.2, 0.25) is 0 Å². The highest BCUT2D eigenvalue weighted by Gasteiger charge is 2.12. The first-order valence-corrected chi connectivity index (χ1v) is 6.61. The van der Waals surface area contributed by atoms with Gasteiger partial charge in [-0.3, -0.25) is 0 Å². The Morgan fingerprint density at radius 3 is 2.82 bits per heavy atom. The van der Waals surface area contributed by atoms with E-state index in [0.717, 1.165) is 27.3 Å². The van der Waals surface area contributed by atoms with Gasteiger partial charge in [-0.2, -0.15) is 0 Å². The Balaban J connectivity index is 2.10. The van der Waals surface area contributed by atoms with Crippen LogP contribution in [-0.2, 0) is 0 Å². The van der Waals surface area contributed by atoms with E-state index in [0.29, 0.717) is 0 Å². The summed E-state index contributed by atoms with van der Waals surface area (Å²) in [5.41, 5.74) is 0.744. The van der Waals surface area contributed by atoms with Crippen molar-refractivity contribution >= 4 is 38.7 Å². The van der Waals surface area contributed by atoms with E-state index in [9.17, 15) is 4.79 Å². The number of carbonyl (C=O) groups is 1. The number of fused-ring (bicyclic) bond motifs is 1. The number of carboxylic acid groups (broad SMARTS) is 1. The fourth-order valence-corrected chi connectivity index (χ4v) is 3.35. The third-order valence-corrected chi connectivity index (χ3v) is 4.33. The number of thiazole rings is 1. The van der Waals surface area contributed by atoms with Crippen molar-refractivity contribution in [3.05, 3.63) is 40.7 Å². The Morgan fingerprint density at radius 1 is 1.29 bits per heavy atom. The Kier molecular flexibility index (Phi) is 2.42. The lowest BCUT2D eigenvalue weighted by atomic mass is 10.2. The zero-order chi connectivity index (χ0) is 11.8. The summed E-state index contributed by atoms with van der Waals surface area (Å²) in [6, 6.07) is 10.1. The van der Waals surface area contributed by atoms with Gasteiger partial charge in [0.2, 0.25) is 5.01 Å². The van der Waals surface area contributed by atoms with E-state index in [1.54, 1.807) is 16.7 Å². The van der Waals surface area contributed by atoms with Crippen LogP contribution < -0.4 is 0 Å². The second-order valence-corrected chi connectivity index (χ2v) is 5.43. The fourth-order valence-electron chi connectivity index (χ4n) is 1.59. The lowest BCUT2D eigenvalue weighted by molar-refractivity contribution is 0.0696. The van der Waals surface area contributed by atoms with Crippen molar-refractivity contribution in [2.24, 2.45) is 0 Å². The molecule has 0 saturated carbocycles. The van der Waals surface area contributed by atoms with E-state index in [1.165, 1.54) is 4.70 Å². The summed E-state index contributed by atoms with van der Waals surface area (Å²) in [6.45, 7) is 0. The Labute approximate surface area is 105 Å². The summed E-state index contributed by atoms with van der Waals surface area (Å²) in [5, 5.41) is 11.9. The van der Waals surface area contributed by atoms with E-state index in [1.807, 2.05) is 30.3 Å². The van der Waals surface area contributed by atoms with E-state index < -0.39 is 5.97 Å². The predicted molar refractivity (Wildman–Crippen MR) is 69.9 cm³/mol. The maximum absolute atomic E-state index is 10.8. The van der Waals surface area contributed by atoms with Crippen LogP contribution in [0.3, 0.4) is 0 Å². The molecule has 5 heteroatoms. The molecule has 0 aliphatic carbocycles. The first-order chi connectivity index (χ1) is 8.24. The molecule has 1 N–H and O–H groups in total. The van der Waals surface area contributed by atoms with Crippen molar-refractivity contribution in [1.82, 2.24) is 4.98 Å². The van der Waals surface area contributed by atoms with E-state index in [-0.39, 0.29) is 5.01 Å². The van der Waals surface area contributed by atoms with Crippen LogP contribution in [0.15, 0.2) is 35.7 Å². The number of benzene rings is 1. The molecule has 0 fully saturated rings. The van der Waals surface area contributed by atoms with Gasteiger partial charge in [0.25, 0.3) is 0 Å². The molecule has 0 aliphatic rings. The zero-order valence-electron chi connectivity index (χ0n) is 8.58. The molecule has 0 aliphatic heterocycles. The van der Waals surface area contributed by atoms with Gasteiger partial charge in [0.1, 0.15) is 0 Å². The van der Waals surface area contributed by atoms with Gasteiger partial charge in [-0.25, -0.2) is 9.78 Å². The van der Waals surface area contributed by atoms with Crippen LogP contribution in [0.1, 0.15) is 9.80 Å². The van der Waals surface area contributed by atoms with Crippen molar-refractivity contribution in [3.63, 3.8) is 0 Å². The molecule has 0 amide bonds. The maximum Gasteiger partial charge on any atom is 0.365 e. The van der Waals surface area contributed by atoms with Crippen molar-refractivity contribution < 1.29 is 9.90 Å². The molecule has 17 heavy (non-hydrogen) atoms. The standard InChI is InChI=1S/C12H7NO2S2/c14-12(15)11-13-8(6-16-11)10-5-7-3-1-2-4-9(7)17-10/h1-6H,(H,14,15). The summed E-state index contributed by atoms with van der Waals surface area (Å²) in [4.78, 5) is 15.9. The van der Waals surface area contributed by atoms with Crippen LogP contribution in [0.5, 0.6) is 0 Å². The monoisotopic (exact) mass is 261 g/mol. The predicted octanol–water partition coefficient (Wildman–Crippen LogP) is 3.72. The van der Waals surface area contributed by atoms with Crippen molar-refractivity contribution in [2.45, 2.75) is 0 Å². The summed E-state index contributed by atoms with van der Waals surface area (Å²) in [5.74, 6) is -0.970. The number of aromatic nitrogens is 1. The number of hydrogen-bond acceptors (Lipinski definition) is 4. The Hall–Kier alpha value is -1.72. The highest BCUT2D eigenvalue weighted by atomic mass is 32.1. The van der Waals surface area contributed by atoms with Crippen molar-refractivity contribution in [3.8, 4) is 10.6 Å². The molecule has 1 aromatic carbocycles.